The van der Waals surface area contributed by atoms with E-state index in [0.717, 1.165) is 22.1 Å². The van der Waals surface area contributed by atoms with Crippen molar-refractivity contribution in [3.63, 3.8) is 0 Å². The van der Waals surface area contributed by atoms with Gasteiger partial charge in [0, 0.05) is 37.1 Å². The molecular weight excluding hydrogens is 402 g/mol. The van der Waals surface area contributed by atoms with Gasteiger partial charge in [0.2, 0.25) is 0 Å². The molecule has 142 valence electrons. The number of benzene rings is 1. The van der Waals surface area contributed by atoms with Gasteiger partial charge in [-0.1, -0.05) is 6.07 Å². The average Bonchev–Trinajstić information content (AvgIpc) is 3.41. The minimum atomic E-state index is -3.37. The molecular formula is C18H19N3O3S3. The number of piperazine rings is 1. The summed E-state index contributed by atoms with van der Waals surface area (Å²) in [5.41, 5.74) is 1.96. The van der Waals surface area contributed by atoms with Gasteiger partial charge < -0.3 is 9.64 Å². The highest BCUT2D eigenvalue weighted by atomic mass is 32.2. The van der Waals surface area contributed by atoms with Crippen molar-refractivity contribution < 1.29 is 13.2 Å². The molecule has 0 saturated carbocycles. The Balaban J connectivity index is 1.44. The van der Waals surface area contributed by atoms with Crippen LogP contribution in [0.1, 0.15) is 0 Å². The van der Waals surface area contributed by atoms with E-state index in [0.29, 0.717) is 30.4 Å². The molecule has 27 heavy (non-hydrogen) atoms. The summed E-state index contributed by atoms with van der Waals surface area (Å²) in [4.78, 5) is 6.89. The summed E-state index contributed by atoms with van der Waals surface area (Å²) in [5, 5.41) is 4.75. The van der Waals surface area contributed by atoms with Crippen LogP contribution in [0.3, 0.4) is 0 Å². The predicted octanol–water partition coefficient (Wildman–Crippen LogP) is 3.39. The van der Waals surface area contributed by atoms with E-state index >= 15 is 0 Å². The van der Waals surface area contributed by atoms with Crippen LogP contribution in [0.4, 0.5) is 5.13 Å². The van der Waals surface area contributed by atoms with Crippen LogP contribution in [0.25, 0.3) is 11.3 Å². The first-order chi connectivity index (χ1) is 13.1. The highest BCUT2D eigenvalue weighted by Crippen LogP contribution is 2.30. The molecule has 1 aromatic carbocycles. The van der Waals surface area contributed by atoms with Crippen LogP contribution in [0, 0.1) is 0 Å². The molecule has 0 radical (unpaired) electrons. The molecule has 4 rings (SSSR count). The molecule has 1 aliphatic heterocycles. The molecule has 0 N–H and O–H groups in total. The molecule has 0 aliphatic carbocycles. The molecule has 1 fully saturated rings. The van der Waals surface area contributed by atoms with Crippen LogP contribution < -0.4 is 9.64 Å². The average molecular weight is 422 g/mol. The smallest absolute Gasteiger partial charge is 0.252 e. The van der Waals surface area contributed by atoms with E-state index in [2.05, 4.69) is 4.90 Å². The van der Waals surface area contributed by atoms with Crippen LogP contribution in [0.2, 0.25) is 0 Å². The third kappa shape index (κ3) is 3.73. The molecule has 3 aromatic rings. The standard InChI is InChI=1S/C18H19N3O3S3/c1-24-15-6-4-14(5-7-15)16-13-26-18(19-16)20-8-10-21(11-9-20)27(22,23)17-3-2-12-25-17/h2-7,12-13H,8-11H2,1H3. The zero-order valence-corrected chi connectivity index (χ0v) is 17.2. The first-order valence-corrected chi connectivity index (χ1v) is 11.7. The first kappa shape index (κ1) is 18.4. The van der Waals surface area contributed by atoms with Gasteiger partial charge in [-0.15, -0.1) is 22.7 Å². The molecule has 0 atom stereocenters. The lowest BCUT2D eigenvalue weighted by atomic mass is 10.2. The van der Waals surface area contributed by atoms with Crippen molar-refractivity contribution >= 4 is 37.8 Å². The number of rotatable bonds is 5. The number of nitrogens with zero attached hydrogens (tertiary/aromatic N) is 3. The number of ether oxygens (including phenoxy) is 1. The zero-order valence-electron chi connectivity index (χ0n) is 14.7. The van der Waals surface area contributed by atoms with Crippen molar-refractivity contribution in [2.24, 2.45) is 0 Å². The van der Waals surface area contributed by atoms with Gasteiger partial charge in [-0.25, -0.2) is 13.4 Å². The maximum Gasteiger partial charge on any atom is 0.252 e. The largest absolute Gasteiger partial charge is 0.497 e. The molecule has 0 spiro atoms. The monoisotopic (exact) mass is 421 g/mol. The van der Waals surface area contributed by atoms with Crippen molar-refractivity contribution in [2.75, 3.05) is 38.2 Å². The van der Waals surface area contributed by atoms with Gasteiger partial charge in [0.25, 0.3) is 10.0 Å². The van der Waals surface area contributed by atoms with Gasteiger partial charge in [0.1, 0.15) is 9.96 Å². The molecule has 2 aromatic heterocycles. The highest BCUT2D eigenvalue weighted by Gasteiger charge is 2.30. The summed E-state index contributed by atoms with van der Waals surface area (Å²) < 4.78 is 32.4. The van der Waals surface area contributed by atoms with Crippen molar-refractivity contribution in [1.82, 2.24) is 9.29 Å². The van der Waals surface area contributed by atoms with Gasteiger partial charge in [-0.2, -0.15) is 4.31 Å². The maximum atomic E-state index is 12.6. The number of anilines is 1. The Kier molecular flexibility index (Phi) is 5.18. The summed E-state index contributed by atoms with van der Waals surface area (Å²) in [6.45, 7) is 2.22. The summed E-state index contributed by atoms with van der Waals surface area (Å²) in [6.07, 6.45) is 0. The third-order valence-corrected chi connectivity index (χ3v) is 8.65. The fourth-order valence-electron chi connectivity index (χ4n) is 2.96. The zero-order chi connectivity index (χ0) is 18.9. The molecule has 9 heteroatoms. The minimum Gasteiger partial charge on any atom is -0.497 e. The molecule has 0 bridgehead atoms. The van der Waals surface area contributed by atoms with E-state index in [1.165, 1.54) is 11.3 Å². The van der Waals surface area contributed by atoms with Gasteiger partial charge in [-0.05, 0) is 35.7 Å². The minimum absolute atomic E-state index is 0.409. The summed E-state index contributed by atoms with van der Waals surface area (Å²) in [7, 11) is -1.73. The second kappa shape index (κ2) is 7.59. The van der Waals surface area contributed by atoms with Crippen molar-refractivity contribution in [3.05, 3.63) is 47.2 Å². The van der Waals surface area contributed by atoms with Crippen LogP contribution in [0.5, 0.6) is 5.75 Å². The van der Waals surface area contributed by atoms with Crippen molar-refractivity contribution in [3.8, 4) is 17.0 Å². The normalized spacial score (nSPS) is 15.8. The number of methoxy groups -OCH3 is 1. The summed E-state index contributed by atoms with van der Waals surface area (Å²) in [6, 6.07) is 11.2. The Morgan fingerprint density at radius 2 is 1.78 bits per heavy atom. The third-order valence-electron chi connectivity index (χ3n) is 4.48. The lowest BCUT2D eigenvalue weighted by molar-refractivity contribution is 0.386. The predicted molar refractivity (Wildman–Crippen MR) is 109 cm³/mol. The van der Waals surface area contributed by atoms with Gasteiger partial charge >= 0.3 is 0 Å². The number of hydrogen-bond donors (Lipinski definition) is 0. The van der Waals surface area contributed by atoms with Crippen LogP contribution in [-0.4, -0.2) is 51.0 Å². The van der Waals surface area contributed by atoms with E-state index in [-0.39, 0.29) is 0 Å². The lowest BCUT2D eigenvalue weighted by Gasteiger charge is -2.33. The van der Waals surface area contributed by atoms with Crippen LogP contribution >= 0.6 is 22.7 Å². The Morgan fingerprint density at radius 1 is 1.04 bits per heavy atom. The van der Waals surface area contributed by atoms with E-state index in [9.17, 15) is 8.42 Å². The number of aromatic nitrogens is 1. The van der Waals surface area contributed by atoms with E-state index in [1.54, 1.807) is 40.3 Å². The Labute approximate surface area is 166 Å². The number of thiophene rings is 1. The Hall–Kier alpha value is -1.94. The van der Waals surface area contributed by atoms with Gasteiger partial charge in [0.05, 0.1) is 12.8 Å². The first-order valence-electron chi connectivity index (χ1n) is 8.46. The highest BCUT2D eigenvalue weighted by molar-refractivity contribution is 7.91. The fourth-order valence-corrected chi connectivity index (χ4v) is 6.42. The van der Waals surface area contributed by atoms with E-state index < -0.39 is 10.0 Å². The van der Waals surface area contributed by atoms with Crippen LogP contribution in [-0.2, 0) is 10.0 Å². The summed E-state index contributed by atoms with van der Waals surface area (Å²) >= 11 is 2.85. The van der Waals surface area contributed by atoms with Crippen molar-refractivity contribution in [2.45, 2.75) is 4.21 Å². The molecule has 1 saturated heterocycles. The quantitative estimate of drug-likeness (QED) is 0.632. The molecule has 1 aliphatic rings. The SMILES string of the molecule is COc1ccc(-c2csc(N3CCN(S(=O)(=O)c4cccs4)CC3)n2)cc1. The van der Waals surface area contributed by atoms with Crippen LogP contribution in [0.15, 0.2) is 51.4 Å². The van der Waals surface area contributed by atoms with Gasteiger partial charge in [0.15, 0.2) is 5.13 Å². The topological polar surface area (TPSA) is 62.7 Å². The second-order valence-corrected chi connectivity index (χ2v) is 10.0. The fraction of sp³-hybridized carbons (Fsp3) is 0.278. The van der Waals surface area contributed by atoms with E-state index in [4.69, 9.17) is 9.72 Å². The van der Waals surface area contributed by atoms with E-state index in [1.807, 2.05) is 29.6 Å². The van der Waals surface area contributed by atoms with Gasteiger partial charge in [-0.3, -0.25) is 0 Å². The summed E-state index contributed by atoms with van der Waals surface area (Å²) in [5.74, 6) is 0.817. The molecule has 3 heterocycles. The molecule has 6 nitrogen and oxygen atoms in total. The van der Waals surface area contributed by atoms with Crippen molar-refractivity contribution in [1.29, 1.82) is 0 Å². The number of sulfonamides is 1. The Bertz CT molecular complexity index is 990. The lowest BCUT2D eigenvalue weighted by Crippen LogP contribution is -2.48. The number of thiazole rings is 1. The number of hydrogen-bond acceptors (Lipinski definition) is 7. The Morgan fingerprint density at radius 3 is 2.41 bits per heavy atom. The maximum absolute atomic E-state index is 12.6. The molecule has 0 unspecified atom stereocenters. The second-order valence-electron chi connectivity index (χ2n) is 6.07. The molecule has 0 amide bonds.